The number of ether oxygens (including phenoxy) is 1. The van der Waals surface area contributed by atoms with E-state index in [-0.39, 0.29) is 29.6 Å². The Morgan fingerprint density at radius 2 is 1.55 bits per heavy atom. The average Bonchev–Trinajstić information content (AvgIpc) is 2.64. The molecule has 2 aliphatic rings. The molecule has 0 radical (unpaired) electrons. The molecule has 2 fully saturated rings. The van der Waals surface area contributed by atoms with Gasteiger partial charge in [-0.15, -0.1) is 0 Å². The first kappa shape index (κ1) is 19.8. The molecule has 4 rings (SSSR count). The molecule has 0 aliphatic carbocycles. The number of rotatable bonds is 2. The molecule has 0 N–H and O–H groups in total. The van der Waals surface area contributed by atoms with Gasteiger partial charge in [-0.3, -0.25) is 14.5 Å². The molecule has 4 nitrogen and oxygen atoms in total. The summed E-state index contributed by atoms with van der Waals surface area (Å²) in [5.74, 6) is -0.0385. The van der Waals surface area contributed by atoms with Crippen LogP contribution in [0.3, 0.4) is 0 Å². The van der Waals surface area contributed by atoms with Crippen LogP contribution in [-0.2, 0) is 19.7 Å². The number of nitrogens with zero attached hydrogens (tertiary/aromatic N) is 1. The maximum atomic E-state index is 13.7. The van der Waals surface area contributed by atoms with Gasteiger partial charge in [0.1, 0.15) is 11.8 Å². The number of hydrogen-bond acceptors (Lipinski definition) is 3. The highest BCUT2D eigenvalue weighted by molar-refractivity contribution is 6.11. The van der Waals surface area contributed by atoms with Crippen molar-refractivity contribution >= 4 is 17.4 Å². The van der Waals surface area contributed by atoms with E-state index in [9.17, 15) is 9.59 Å². The Bertz CT molecular complexity index is 958. The lowest BCUT2D eigenvalue weighted by molar-refractivity contribution is -0.210. The second kappa shape index (κ2) is 6.53. The van der Waals surface area contributed by atoms with E-state index in [0.717, 1.165) is 16.8 Å². The Balaban J connectivity index is 1.87. The molecule has 2 aromatic rings. The highest BCUT2D eigenvalue weighted by Gasteiger charge is 2.67. The number of carbonyl (C=O) groups is 2. The minimum absolute atomic E-state index is 0.0827. The zero-order valence-corrected chi connectivity index (χ0v) is 17.9. The number of amides is 1. The van der Waals surface area contributed by atoms with Gasteiger partial charge in [0.05, 0.1) is 5.60 Å². The second-order valence-electron chi connectivity index (χ2n) is 9.90. The van der Waals surface area contributed by atoms with Crippen molar-refractivity contribution in [2.24, 2.45) is 0 Å². The van der Waals surface area contributed by atoms with Gasteiger partial charge < -0.3 is 4.74 Å². The Morgan fingerprint density at radius 1 is 0.931 bits per heavy atom. The molecule has 2 atom stereocenters. The molecule has 29 heavy (non-hydrogen) atoms. The summed E-state index contributed by atoms with van der Waals surface area (Å²) in [5, 5.41) is 0. The maximum absolute atomic E-state index is 13.7. The van der Waals surface area contributed by atoms with Crippen LogP contribution in [0, 0.1) is 0 Å². The number of β-lactam (4-membered cyclic amide) rings is 1. The van der Waals surface area contributed by atoms with Crippen LogP contribution < -0.4 is 4.90 Å². The van der Waals surface area contributed by atoms with Gasteiger partial charge in [-0.25, -0.2) is 0 Å². The van der Waals surface area contributed by atoms with E-state index in [2.05, 4.69) is 26.8 Å². The Kier molecular flexibility index (Phi) is 4.47. The minimum atomic E-state index is -1.13. The van der Waals surface area contributed by atoms with Crippen LogP contribution in [-0.4, -0.2) is 22.9 Å². The van der Waals surface area contributed by atoms with Gasteiger partial charge in [-0.1, -0.05) is 69.3 Å². The van der Waals surface area contributed by atoms with E-state index >= 15 is 0 Å². The fourth-order valence-electron chi connectivity index (χ4n) is 4.87. The first-order valence-electron chi connectivity index (χ1n) is 10.3. The highest BCUT2D eigenvalue weighted by atomic mass is 16.5. The average molecular weight is 392 g/mol. The van der Waals surface area contributed by atoms with E-state index in [0.29, 0.717) is 6.42 Å². The summed E-state index contributed by atoms with van der Waals surface area (Å²) in [7, 11) is 0. The molecule has 2 heterocycles. The molecule has 2 aliphatic heterocycles. The van der Waals surface area contributed by atoms with E-state index < -0.39 is 11.2 Å². The minimum Gasteiger partial charge on any atom is -0.356 e. The Morgan fingerprint density at radius 3 is 2.17 bits per heavy atom. The van der Waals surface area contributed by atoms with Crippen molar-refractivity contribution in [2.75, 3.05) is 4.90 Å². The summed E-state index contributed by atoms with van der Waals surface area (Å²) in [6.45, 7) is 10.2. The molecular formula is C25H29NO3. The van der Waals surface area contributed by atoms with E-state index in [1.807, 2.05) is 67.3 Å². The molecule has 4 heteroatoms. The van der Waals surface area contributed by atoms with Crippen molar-refractivity contribution in [1.82, 2.24) is 0 Å². The predicted octanol–water partition coefficient (Wildman–Crippen LogP) is 4.97. The molecule has 1 spiro atoms. The smallest absolute Gasteiger partial charge is 0.262 e. The molecule has 0 saturated carbocycles. The standard InChI is InChI=1S/C25H29NO3/c1-23(2,3)19-13-9-10-14-20(19)26-21(17-11-7-6-8-12-17)25(22(26)28)16-18(27)15-24(4,5)29-25/h6-14,21H,15-16H2,1-5H3/t21-,25+/m0/s1. The van der Waals surface area contributed by atoms with Crippen LogP contribution in [0.25, 0.3) is 0 Å². The second-order valence-corrected chi connectivity index (χ2v) is 9.90. The predicted molar refractivity (Wildman–Crippen MR) is 114 cm³/mol. The van der Waals surface area contributed by atoms with Gasteiger partial charge in [0.25, 0.3) is 5.91 Å². The third-order valence-electron chi connectivity index (χ3n) is 5.91. The topological polar surface area (TPSA) is 46.6 Å². The molecule has 152 valence electrons. The van der Waals surface area contributed by atoms with Crippen molar-refractivity contribution in [2.45, 2.75) is 70.1 Å². The maximum Gasteiger partial charge on any atom is 0.262 e. The largest absolute Gasteiger partial charge is 0.356 e. The monoisotopic (exact) mass is 391 g/mol. The fraction of sp³-hybridized carbons (Fsp3) is 0.440. The van der Waals surface area contributed by atoms with Gasteiger partial charge in [0.2, 0.25) is 0 Å². The van der Waals surface area contributed by atoms with Gasteiger partial charge in [0, 0.05) is 18.5 Å². The molecule has 0 unspecified atom stereocenters. The van der Waals surface area contributed by atoms with Gasteiger partial charge in [-0.05, 0) is 36.5 Å². The van der Waals surface area contributed by atoms with Crippen LogP contribution in [0.2, 0.25) is 0 Å². The van der Waals surface area contributed by atoms with Gasteiger partial charge in [0.15, 0.2) is 5.60 Å². The van der Waals surface area contributed by atoms with Crippen molar-refractivity contribution in [3.8, 4) is 0 Å². The number of carbonyl (C=O) groups excluding carboxylic acids is 2. The molecule has 1 amide bonds. The first-order chi connectivity index (χ1) is 13.6. The number of ketones is 1. The van der Waals surface area contributed by atoms with Crippen LogP contribution in [0.1, 0.15) is 64.6 Å². The quantitative estimate of drug-likeness (QED) is 0.679. The third kappa shape index (κ3) is 3.20. The fourth-order valence-corrected chi connectivity index (χ4v) is 4.87. The number of benzene rings is 2. The highest BCUT2D eigenvalue weighted by Crippen LogP contribution is 2.55. The van der Waals surface area contributed by atoms with Crippen LogP contribution in [0.5, 0.6) is 0 Å². The van der Waals surface area contributed by atoms with Crippen LogP contribution in [0.4, 0.5) is 5.69 Å². The summed E-state index contributed by atoms with van der Waals surface area (Å²) in [4.78, 5) is 28.2. The lowest BCUT2D eigenvalue weighted by Gasteiger charge is -2.59. The van der Waals surface area contributed by atoms with Crippen LogP contribution in [0.15, 0.2) is 54.6 Å². The van der Waals surface area contributed by atoms with Gasteiger partial charge >= 0.3 is 0 Å². The van der Waals surface area contributed by atoms with E-state index in [4.69, 9.17) is 4.74 Å². The summed E-state index contributed by atoms with van der Waals surface area (Å²) in [5.41, 5.74) is 1.07. The van der Waals surface area contributed by atoms with Crippen molar-refractivity contribution in [3.05, 3.63) is 65.7 Å². The SMILES string of the molecule is CC1(C)CC(=O)C[C@]2(O1)C(=O)N(c1ccccc1C(C)(C)C)[C@H]2c1ccccc1. The third-order valence-corrected chi connectivity index (χ3v) is 5.91. The molecule has 0 aromatic heterocycles. The normalized spacial score (nSPS) is 26.5. The van der Waals surface area contributed by atoms with E-state index in [1.54, 1.807) is 0 Å². The lowest BCUT2D eigenvalue weighted by atomic mass is 9.70. The van der Waals surface area contributed by atoms with Crippen molar-refractivity contribution < 1.29 is 14.3 Å². The number of Topliss-reactive ketones (excluding diaryl/α,β-unsaturated/α-hetero) is 1. The Labute approximate surface area is 172 Å². The number of anilines is 1. The van der Waals surface area contributed by atoms with Crippen LogP contribution >= 0.6 is 0 Å². The summed E-state index contributed by atoms with van der Waals surface area (Å²) < 4.78 is 6.41. The molecular weight excluding hydrogens is 362 g/mol. The van der Waals surface area contributed by atoms with Crippen molar-refractivity contribution in [1.29, 1.82) is 0 Å². The summed E-state index contributed by atoms with van der Waals surface area (Å²) >= 11 is 0. The zero-order valence-electron chi connectivity index (χ0n) is 17.9. The molecule has 0 bridgehead atoms. The molecule has 2 saturated heterocycles. The van der Waals surface area contributed by atoms with Crippen molar-refractivity contribution in [3.63, 3.8) is 0 Å². The van der Waals surface area contributed by atoms with E-state index in [1.165, 1.54) is 0 Å². The summed E-state index contributed by atoms with van der Waals surface area (Å²) in [6, 6.07) is 17.6. The lowest BCUT2D eigenvalue weighted by Crippen LogP contribution is -2.74. The Hall–Kier alpha value is -2.46. The number of hydrogen-bond donors (Lipinski definition) is 0. The number of para-hydroxylation sites is 1. The summed E-state index contributed by atoms with van der Waals surface area (Å²) in [6.07, 6.45) is 0.463. The zero-order chi connectivity index (χ0) is 21.0. The molecule has 2 aromatic carbocycles. The first-order valence-corrected chi connectivity index (χ1v) is 10.3. The van der Waals surface area contributed by atoms with Gasteiger partial charge in [-0.2, -0.15) is 0 Å².